The van der Waals surface area contributed by atoms with Crippen molar-refractivity contribution in [2.45, 2.75) is 72.3 Å². The predicted octanol–water partition coefficient (Wildman–Crippen LogP) is 7.11. The van der Waals surface area contributed by atoms with Gasteiger partial charge in [0.05, 0.1) is 0 Å². The fraction of sp³-hybridized carbons (Fsp3) is 1.00. The molecule has 1 atom stereocenters. The van der Waals surface area contributed by atoms with E-state index < -0.39 is 46.1 Å². The molecule has 158 valence electrons. The summed E-state index contributed by atoms with van der Waals surface area (Å²) in [6.45, 7) is 1.56. The molecular formula is C12H12F13I. The molecule has 0 N–H and O–H groups in total. The summed E-state index contributed by atoms with van der Waals surface area (Å²) >= 11 is 1.13. The van der Waals surface area contributed by atoms with Crippen LogP contribution in [0.15, 0.2) is 0 Å². The monoisotopic (exact) mass is 530 g/mol. The topological polar surface area (TPSA) is 0 Å². The van der Waals surface area contributed by atoms with Crippen molar-refractivity contribution >= 4 is 22.6 Å². The quantitative estimate of drug-likeness (QED) is 0.170. The molecule has 0 aromatic carbocycles. The fourth-order valence-electron chi connectivity index (χ4n) is 1.74. The van der Waals surface area contributed by atoms with E-state index in [1.807, 2.05) is 0 Å². The zero-order valence-electron chi connectivity index (χ0n) is 12.7. The van der Waals surface area contributed by atoms with Gasteiger partial charge in [-0.15, -0.1) is 0 Å². The smallest absolute Gasteiger partial charge is 0.200 e. The Hall–Kier alpha value is -0.180. The van der Waals surface area contributed by atoms with Crippen LogP contribution in [-0.2, 0) is 0 Å². The molecule has 0 unspecified atom stereocenters. The molecule has 0 aliphatic heterocycles. The molecule has 0 aliphatic rings. The molecule has 0 saturated heterocycles. The standard InChI is InChI=1S/C12H12F13I/c1-2-3-4-6(26)5-7(13,14)8(15,16)9(17,18)10(19,20)11(21,22)12(23,24)25/h6H,2-5H2,1H3/t6-/m1/s1. The van der Waals surface area contributed by atoms with Crippen molar-refractivity contribution in [3.63, 3.8) is 0 Å². The van der Waals surface area contributed by atoms with Crippen LogP contribution in [0.3, 0.4) is 0 Å². The van der Waals surface area contributed by atoms with Crippen LogP contribution >= 0.6 is 22.6 Å². The first kappa shape index (κ1) is 25.8. The first-order chi connectivity index (χ1) is 11.2. The highest BCUT2D eigenvalue weighted by Crippen LogP contribution is 2.60. The average Bonchev–Trinajstić information content (AvgIpc) is 2.42. The summed E-state index contributed by atoms with van der Waals surface area (Å²) in [5, 5.41) is 0. The number of alkyl halides is 14. The lowest BCUT2D eigenvalue weighted by atomic mass is 9.91. The Labute approximate surface area is 152 Å². The predicted molar refractivity (Wildman–Crippen MR) is 72.7 cm³/mol. The molecule has 0 radical (unpaired) electrons. The van der Waals surface area contributed by atoms with Crippen LogP contribution in [0, 0.1) is 0 Å². The van der Waals surface area contributed by atoms with Gasteiger partial charge >= 0.3 is 35.8 Å². The Bertz CT molecular complexity index is 468. The Morgan fingerprint density at radius 1 is 0.654 bits per heavy atom. The molecule has 0 aromatic heterocycles. The van der Waals surface area contributed by atoms with Crippen molar-refractivity contribution in [1.82, 2.24) is 0 Å². The molecule has 14 heteroatoms. The lowest BCUT2D eigenvalue weighted by Gasteiger charge is -2.40. The lowest BCUT2D eigenvalue weighted by molar-refractivity contribution is -0.440. The molecule has 0 heterocycles. The number of hydrogen-bond donors (Lipinski definition) is 0. The van der Waals surface area contributed by atoms with Crippen LogP contribution in [0.25, 0.3) is 0 Å². The molecule has 0 fully saturated rings. The SMILES string of the molecule is CCCC[C@@H](I)CC(F)(F)C(F)(F)C(F)(F)C(F)(F)C(F)(F)C(F)(F)F. The molecular weight excluding hydrogens is 518 g/mol. The van der Waals surface area contributed by atoms with Crippen molar-refractivity contribution < 1.29 is 57.1 Å². The van der Waals surface area contributed by atoms with Crippen LogP contribution in [0.2, 0.25) is 0 Å². The fourth-order valence-corrected chi connectivity index (χ4v) is 2.73. The van der Waals surface area contributed by atoms with Gasteiger partial charge in [-0.2, -0.15) is 57.1 Å². The largest absolute Gasteiger partial charge is 0.460 e. The zero-order valence-corrected chi connectivity index (χ0v) is 14.9. The molecule has 0 amide bonds. The van der Waals surface area contributed by atoms with E-state index >= 15 is 0 Å². The highest BCUT2D eigenvalue weighted by molar-refractivity contribution is 14.1. The number of unbranched alkanes of at least 4 members (excludes halogenated alkanes) is 1. The summed E-state index contributed by atoms with van der Waals surface area (Å²) < 4.78 is 166. The van der Waals surface area contributed by atoms with Gasteiger partial charge in [0, 0.05) is 10.3 Å². The third-order valence-electron chi connectivity index (χ3n) is 3.35. The minimum atomic E-state index is -7.82. The third kappa shape index (κ3) is 4.28. The average molecular weight is 530 g/mol. The van der Waals surface area contributed by atoms with E-state index in [2.05, 4.69) is 0 Å². The summed E-state index contributed by atoms with van der Waals surface area (Å²) in [7, 11) is 0. The van der Waals surface area contributed by atoms with Gasteiger partial charge in [0.15, 0.2) is 0 Å². The maximum Gasteiger partial charge on any atom is 0.460 e. The maximum atomic E-state index is 13.5. The van der Waals surface area contributed by atoms with Crippen molar-refractivity contribution in [2.24, 2.45) is 0 Å². The molecule has 0 rings (SSSR count). The second-order valence-corrected chi connectivity index (χ2v) is 7.21. The summed E-state index contributed by atoms with van der Waals surface area (Å²) in [4.78, 5) is 0. The molecule has 0 spiro atoms. The first-order valence-corrected chi connectivity index (χ1v) is 8.05. The normalized spacial score (nSPS) is 16.7. The van der Waals surface area contributed by atoms with Crippen LogP contribution in [0.5, 0.6) is 0 Å². The van der Waals surface area contributed by atoms with Gasteiger partial charge in [0.2, 0.25) is 0 Å². The summed E-state index contributed by atoms with van der Waals surface area (Å²) in [5.74, 6) is -36.3. The summed E-state index contributed by atoms with van der Waals surface area (Å²) in [6, 6.07) is 0. The Morgan fingerprint density at radius 2 is 1.04 bits per heavy atom. The number of rotatable bonds is 9. The summed E-state index contributed by atoms with van der Waals surface area (Å²) in [6.07, 6.45) is -9.16. The van der Waals surface area contributed by atoms with Gasteiger partial charge in [-0.05, 0) is 6.42 Å². The molecule has 0 aliphatic carbocycles. The Morgan fingerprint density at radius 3 is 1.38 bits per heavy atom. The molecule has 0 nitrogen and oxygen atoms in total. The van der Waals surface area contributed by atoms with Crippen molar-refractivity contribution in [3.8, 4) is 0 Å². The maximum absolute atomic E-state index is 13.5. The van der Waals surface area contributed by atoms with E-state index in [4.69, 9.17) is 0 Å². The van der Waals surface area contributed by atoms with Crippen LogP contribution in [0.4, 0.5) is 57.1 Å². The molecule has 26 heavy (non-hydrogen) atoms. The zero-order chi connectivity index (χ0) is 21.4. The lowest BCUT2D eigenvalue weighted by Crippen LogP contribution is -2.70. The first-order valence-electron chi connectivity index (χ1n) is 6.80. The van der Waals surface area contributed by atoms with E-state index in [0.717, 1.165) is 22.6 Å². The third-order valence-corrected chi connectivity index (χ3v) is 4.41. The Kier molecular flexibility index (Phi) is 7.63. The minimum Gasteiger partial charge on any atom is -0.200 e. The highest BCUT2D eigenvalue weighted by atomic mass is 127. The van der Waals surface area contributed by atoms with Crippen molar-refractivity contribution in [2.75, 3.05) is 0 Å². The second kappa shape index (κ2) is 7.68. The summed E-state index contributed by atoms with van der Waals surface area (Å²) in [5.41, 5.74) is 0. The van der Waals surface area contributed by atoms with Crippen molar-refractivity contribution in [1.29, 1.82) is 0 Å². The minimum absolute atomic E-state index is 0.175. The van der Waals surface area contributed by atoms with Crippen molar-refractivity contribution in [3.05, 3.63) is 0 Å². The van der Waals surface area contributed by atoms with E-state index in [0.29, 0.717) is 6.42 Å². The van der Waals surface area contributed by atoms with Crippen LogP contribution in [0.1, 0.15) is 32.6 Å². The van der Waals surface area contributed by atoms with Crippen LogP contribution in [-0.4, -0.2) is 39.7 Å². The van der Waals surface area contributed by atoms with Gasteiger partial charge < -0.3 is 0 Å². The van der Waals surface area contributed by atoms with Gasteiger partial charge in [0.1, 0.15) is 0 Å². The molecule has 0 bridgehead atoms. The number of halogens is 14. The van der Waals surface area contributed by atoms with Gasteiger partial charge in [0.25, 0.3) is 0 Å². The highest BCUT2D eigenvalue weighted by Gasteiger charge is 2.90. The molecule has 0 saturated carbocycles. The van der Waals surface area contributed by atoms with Gasteiger partial charge in [-0.25, -0.2) is 0 Å². The van der Waals surface area contributed by atoms with E-state index in [1.165, 1.54) is 0 Å². The van der Waals surface area contributed by atoms with Gasteiger partial charge in [-0.3, -0.25) is 0 Å². The molecule has 0 aromatic rings. The second-order valence-electron chi connectivity index (χ2n) is 5.44. The van der Waals surface area contributed by atoms with Crippen LogP contribution < -0.4 is 0 Å². The number of hydrogen-bond acceptors (Lipinski definition) is 0. The van der Waals surface area contributed by atoms with E-state index in [1.54, 1.807) is 6.92 Å². The van der Waals surface area contributed by atoms with E-state index in [9.17, 15) is 57.1 Å². The van der Waals surface area contributed by atoms with E-state index in [-0.39, 0.29) is 12.8 Å². The Balaban J connectivity index is 5.92. The van der Waals surface area contributed by atoms with Gasteiger partial charge in [-0.1, -0.05) is 42.4 Å².